The first-order chi connectivity index (χ1) is 15.1. The number of carbonyl (C=O) groups is 2. The number of benzene rings is 2. The molecule has 0 saturated carbocycles. The van der Waals surface area contributed by atoms with Gasteiger partial charge in [0.05, 0.1) is 5.92 Å². The Morgan fingerprint density at radius 3 is 2.55 bits per heavy atom. The smallest absolute Gasteiger partial charge is 0.255 e. The Labute approximate surface area is 181 Å². The first kappa shape index (κ1) is 20.8. The molecule has 3 aromatic rings. The van der Waals surface area contributed by atoms with Gasteiger partial charge in [-0.1, -0.05) is 36.4 Å². The van der Waals surface area contributed by atoms with E-state index in [-0.39, 0.29) is 23.8 Å². The molecule has 0 bridgehead atoms. The van der Waals surface area contributed by atoms with Crippen molar-refractivity contribution in [2.45, 2.75) is 31.2 Å². The fraction of sp³-hybridized carbons (Fsp3) is 0.240. The third kappa shape index (κ3) is 4.98. The highest BCUT2D eigenvalue weighted by Gasteiger charge is 2.26. The molecule has 158 valence electrons. The van der Waals surface area contributed by atoms with E-state index >= 15 is 0 Å². The van der Waals surface area contributed by atoms with E-state index in [2.05, 4.69) is 21.7 Å². The van der Waals surface area contributed by atoms with E-state index in [1.165, 1.54) is 5.56 Å². The zero-order chi connectivity index (χ0) is 21.6. The van der Waals surface area contributed by atoms with Crippen molar-refractivity contribution in [3.8, 4) is 0 Å². The lowest BCUT2D eigenvalue weighted by Crippen LogP contribution is -2.36. The van der Waals surface area contributed by atoms with Gasteiger partial charge in [0, 0.05) is 36.2 Å². The Balaban J connectivity index is 1.33. The molecule has 2 amide bonds. The van der Waals surface area contributed by atoms with Crippen molar-refractivity contribution in [3.63, 3.8) is 0 Å². The van der Waals surface area contributed by atoms with Gasteiger partial charge in [0.15, 0.2) is 0 Å². The normalized spacial score (nSPS) is 16.1. The molecule has 31 heavy (non-hydrogen) atoms. The number of pyridine rings is 1. The number of amides is 2. The van der Waals surface area contributed by atoms with E-state index in [1.807, 2.05) is 30.3 Å². The molecular weight excluding hydrogens is 388 g/mol. The predicted octanol–water partition coefficient (Wildman–Crippen LogP) is 3.57. The van der Waals surface area contributed by atoms with Gasteiger partial charge >= 0.3 is 0 Å². The van der Waals surface area contributed by atoms with Crippen LogP contribution in [0.2, 0.25) is 0 Å². The van der Waals surface area contributed by atoms with Gasteiger partial charge in [-0.15, -0.1) is 0 Å². The van der Waals surface area contributed by atoms with Gasteiger partial charge in [0.25, 0.3) is 5.91 Å². The molecule has 1 aliphatic rings. The van der Waals surface area contributed by atoms with Crippen molar-refractivity contribution in [1.29, 1.82) is 0 Å². The number of carbonyl (C=O) groups excluding carboxylic acids is 2. The summed E-state index contributed by atoms with van der Waals surface area (Å²) in [7, 11) is 0. The lowest BCUT2D eigenvalue weighted by atomic mass is 9.82. The van der Waals surface area contributed by atoms with Gasteiger partial charge in [0.2, 0.25) is 5.91 Å². The van der Waals surface area contributed by atoms with E-state index in [0.29, 0.717) is 17.8 Å². The molecule has 1 heterocycles. The zero-order valence-electron chi connectivity index (χ0n) is 17.3. The number of fused-ring (bicyclic) bond motifs is 1. The van der Waals surface area contributed by atoms with Gasteiger partial charge in [-0.3, -0.25) is 14.6 Å². The second-order valence-corrected chi connectivity index (χ2v) is 7.81. The van der Waals surface area contributed by atoms with Crippen molar-refractivity contribution in [2.24, 2.45) is 5.73 Å². The standard InChI is InChI=1S/C25H26N4O2/c26-23(16-28-25(31)22-7-3-5-17-4-1-2-6-21(17)22)18-8-10-19(11-9-18)24(30)29-20-12-14-27-15-13-20/h1-2,4,6,8-15,22-23H,3,5,7,16,26H2,(H,28,31)(H,27,29,30)/t22-,23?/m0/s1. The maximum atomic E-state index is 12.8. The molecule has 1 aliphatic carbocycles. The first-order valence-corrected chi connectivity index (χ1v) is 10.5. The topological polar surface area (TPSA) is 97.1 Å². The third-order valence-electron chi connectivity index (χ3n) is 5.72. The summed E-state index contributed by atoms with van der Waals surface area (Å²) in [6.07, 6.45) is 6.15. The summed E-state index contributed by atoms with van der Waals surface area (Å²) in [5, 5.41) is 5.84. The van der Waals surface area contributed by atoms with E-state index < -0.39 is 0 Å². The Morgan fingerprint density at radius 2 is 1.77 bits per heavy atom. The molecule has 6 heteroatoms. The monoisotopic (exact) mass is 414 g/mol. The number of nitrogens with zero attached hydrogens (tertiary/aromatic N) is 1. The van der Waals surface area contributed by atoms with Crippen LogP contribution >= 0.6 is 0 Å². The summed E-state index contributed by atoms with van der Waals surface area (Å²) in [5.74, 6) is -0.289. The highest BCUT2D eigenvalue weighted by Crippen LogP contribution is 2.31. The molecule has 0 radical (unpaired) electrons. The van der Waals surface area contributed by atoms with E-state index in [1.54, 1.807) is 36.7 Å². The third-order valence-corrected chi connectivity index (χ3v) is 5.72. The largest absolute Gasteiger partial charge is 0.354 e. The maximum Gasteiger partial charge on any atom is 0.255 e. The van der Waals surface area contributed by atoms with Crippen LogP contribution < -0.4 is 16.4 Å². The second-order valence-electron chi connectivity index (χ2n) is 7.81. The van der Waals surface area contributed by atoms with E-state index in [0.717, 1.165) is 30.4 Å². The summed E-state index contributed by atoms with van der Waals surface area (Å²) in [5.41, 5.74) is 10.8. The Hall–Kier alpha value is -3.51. The van der Waals surface area contributed by atoms with Gasteiger partial charge in [-0.2, -0.15) is 0 Å². The molecule has 6 nitrogen and oxygen atoms in total. The van der Waals surface area contributed by atoms with E-state index in [4.69, 9.17) is 5.73 Å². The van der Waals surface area contributed by atoms with Gasteiger partial charge < -0.3 is 16.4 Å². The van der Waals surface area contributed by atoms with Crippen LogP contribution in [0.5, 0.6) is 0 Å². The highest BCUT2D eigenvalue weighted by molar-refractivity contribution is 6.04. The van der Waals surface area contributed by atoms with Crippen molar-refractivity contribution in [1.82, 2.24) is 10.3 Å². The fourth-order valence-corrected chi connectivity index (χ4v) is 4.00. The molecule has 2 aromatic carbocycles. The summed E-state index contributed by atoms with van der Waals surface area (Å²) < 4.78 is 0. The molecule has 0 spiro atoms. The predicted molar refractivity (Wildman–Crippen MR) is 121 cm³/mol. The van der Waals surface area contributed by atoms with E-state index in [9.17, 15) is 9.59 Å². The SMILES string of the molecule is NC(CNC(=O)[C@H]1CCCc2ccccc21)c1ccc(C(=O)Nc2ccncc2)cc1. The maximum absolute atomic E-state index is 12.8. The number of aromatic nitrogens is 1. The first-order valence-electron chi connectivity index (χ1n) is 10.5. The van der Waals surface area contributed by atoms with Crippen LogP contribution in [0.25, 0.3) is 0 Å². The molecule has 0 fully saturated rings. The summed E-state index contributed by atoms with van der Waals surface area (Å²) in [6, 6.07) is 18.4. The Morgan fingerprint density at radius 1 is 1.03 bits per heavy atom. The number of hydrogen-bond acceptors (Lipinski definition) is 4. The lowest BCUT2D eigenvalue weighted by Gasteiger charge is -2.25. The fourth-order valence-electron chi connectivity index (χ4n) is 4.00. The number of aryl methyl sites for hydroxylation is 1. The van der Waals surface area contributed by atoms with Crippen molar-refractivity contribution in [2.75, 3.05) is 11.9 Å². The van der Waals surface area contributed by atoms with Gasteiger partial charge in [-0.05, 0) is 60.2 Å². The van der Waals surface area contributed by atoms with Crippen molar-refractivity contribution < 1.29 is 9.59 Å². The lowest BCUT2D eigenvalue weighted by molar-refractivity contribution is -0.122. The summed E-state index contributed by atoms with van der Waals surface area (Å²) in [4.78, 5) is 29.1. The molecule has 2 atom stereocenters. The number of nitrogens with two attached hydrogens (primary N) is 1. The second kappa shape index (κ2) is 9.53. The van der Waals surface area contributed by atoms with Crippen LogP contribution in [0, 0.1) is 0 Å². The van der Waals surface area contributed by atoms with Gasteiger partial charge in [-0.25, -0.2) is 0 Å². The number of rotatable bonds is 6. The minimum absolute atomic E-state index is 0.0240. The quantitative estimate of drug-likeness (QED) is 0.574. The zero-order valence-corrected chi connectivity index (χ0v) is 17.3. The molecule has 0 aliphatic heterocycles. The molecule has 1 aromatic heterocycles. The average molecular weight is 415 g/mol. The van der Waals surface area contributed by atoms with Crippen molar-refractivity contribution >= 4 is 17.5 Å². The molecular formula is C25H26N4O2. The summed E-state index contributed by atoms with van der Waals surface area (Å²) >= 11 is 0. The molecule has 4 N–H and O–H groups in total. The molecule has 1 unspecified atom stereocenters. The van der Waals surface area contributed by atoms with Crippen LogP contribution in [0.3, 0.4) is 0 Å². The van der Waals surface area contributed by atoms with Crippen LogP contribution in [-0.2, 0) is 11.2 Å². The molecule has 4 rings (SSSR count). The van der Waals surface area contributed by atoms with Crippen LogP contribution in [-0.4, -0.2) is 23.3 Å². The summed E-state index contributed by atoms with van der Waals surface area (Å²) in [6.45, 7) is 0.347. The van der Waals surface area contributed by atoms with Crippen LogP contribution in [0.4, 0.5) is 5.69 Å². The van der Waals surface area contributed by atoms with Gasteiger partial charge in [0.1, 0.15) is 0 Å². The molecule has 0 saturated heterocycles. The Bertz CT molecular complexity index is 1050. The van der Waals surface area contributed by atoms with Crippen LogP contribution in [0.1, 0.15) is 51.8 Å². The number of nitrogens with one attached hydrogen (secondary N) is 2. The average Bonchev–Trinajstić information content (AvgIpc) is 2.82. The minimum Gasteiger partial charge on any atom is -0.354 e. The number of hydrogen-bond donors (Lipinski definition) is 3. The highest BCUT2D eigenvalue weighted by atomic mass is 16.2. The van der Waals surface area contributed by atoms with Crippen LogP contribution in [0.15, 0.2) is 73.1 Å². The number of anilines is 1. The van der Waals surface area contributed by atoms with Crippen molar-refractivity contribution in [3.05, 3.63) is 95.3 Å². The minimum atomic E-state index is -0.347. The Kier molecular flexibility index (Phi) is 6.38.